The van der Waals surface area contributed by atoms with E-state index in [9.17, 15) is 0 Å². The van der Waals surface area contributed by atoms with Crippen LogP contribution in [0.2, 0.25) is 0 Å². The lowest BCUT2D eigenvalue weighted by atomic mass is 9.97. The van der Waals surface area contributed by atoms with E-state index in [-0.39, 0.29) is 6.10 Å². The van der Waals surface area contributed by atoms with Gasteiger partial charge in [-0.3, -0.25) is 4.90 Å². The minimum absolute atomic E-state index is 0.102. The first-order valence-corrected chi connectivity index (χ1v) is 9.34. The molecule has 0 aromatic carbocycles. The highest BCUT2D eigenvalue weighted by Gasteiger charge is 2.23. The zero-order valence-corrected chi connectivity index (χ0v) is 15.0. The highest BCUT2D eigenvalue weighted by atomic mass is 16.5. The molecule has 1 atom stereocenters. The first-order valence-electron chi connectivity index (χ1n) is 9.34. The van der Waals surface area contributed by atoms with E-state index in [4.69, 9.17) is 9.26 Å². The molecule has 7 nitrogen and oxygen atoms in total. The first kappa shape index (κ1) is 17.8. The number of aromatic nitrogens is 2. The molecule has 2 aliphatic heterocycles. The lowest BCUT2D eigenvalue weighted by Gasteiger charge is -2.36. The number of piperidine rings is 1. The molecule has 136 valence electrons. The second-order valence-corrected chi connectivity index (χ2v) is 6.91. The van der Waals surface area contributed by atoms with Crippen LogP contribution >= 0.6 is 0 Å². The predicted molar refractivity (Wildman–Crippen MR) is 91.6 cm³/mol. The standard InChI is InChI=1S/C17H31N5O2/c1-3-23-14(2)17-19-16(24-20-17)13-22-10-8-21(9-11-22)12-15-4-6-18-7-5-15/h14-15,18H,3-13H2,1-2H3. The average Bonchev–Trinajstić information content (AvgIpc) is 3.06. The molecule has 2 saturated heterocycles. The Labute approximate surface area is 144 Å². The Kier molecular flexibility index (Phi) is 6.59. The van der Waals surface area contributed by atoms with Crippen LogP contribution < -0.4 is 5.32 Å². The molecule has 0 bridgehead atoms. The number of hydrogen-bond donors (Lipinski definition) is 1. The molecule has 1 aromatic heterocycles. The third kappa shape index (κ3) is 4.99. The monoisotopic (exact) mass is 337 g/mol. The van der Waals surface area contributed by atoms with Gasteiger partial charge in [0.2, 0.25) is 5.89 Å². The highest BCUT2D eigenvalue weighted by Crippen LogP contribution is 2.17. The zero-order valence-electron chi connectivity index (χ0n) is 15.0. The minimum atomic E-state index is -0.102. The van der Waals surface area contributed by atoms with Crippen molar-refractivity contribution >= 4 is 0 Å². The first-order chi connectivity index (χ1) is 11.7. The SMILES string of the molecule is CCOC(C)c1noc(CN2CCN(CC3CCNCC3)CC2)n1. The molecule has 1 unspecified atom stereocenters. The molecule has 1 N–H and O–H groups in total. The van der Waals surface area contributed by atoms with Gasteiger partial charge < -0.3 is 19.5 Å². The molecule has 0 aliphatic carbocycles. The number of rotatable bonds is 7. The van der Waals surface area contributed by atoms with Crippen molar-refractivity contribution in [3.05, 3.63) is 11.7 Å². The van der Waals surface area contributed by atoms with Gasteiger partial charge >= 0.3 is 0 Å². The maximum Gasteiger partial charge on any atom is 0.240 e. The molecule has 24 heavy (non-hydrogen) atoms. The predicted octanol–water partition coefficient (Wildman–Crippen LogP) is 1.28. The fraction of sp³-hybridized carbons (Fsp3) is 0.882. The van der Waals surface area contributed by atoms with Gasteiger partial charge in [-0.15, -0.1) is 0 Å². The summed E-state index contributed by atoms with van der Waals surface area (Å²) in [6.07, 6.45) is 2.54. The summed E-state index contributed by atoms with van der Waals surface area (Å²) >= 11 is 0. The van der Waals surface area contributed by atoms with E-state index in [1.165, 1.54) is 32.5 Å². The Balaban J connectivity index is 1.40. The third-order valence-electron chi connectivity index (χ3n) is 5.06. The summed E-state index contributed by atoms with van der Waals surface area (Å²) in [4.78, 5) is 9.49. The molecule has 0 amide bonds. The second-order valence-electron chi connectivity index (χ2n) is 6.91. The Morgan fingerprint density at radius 2 is 1.92 bits per heavy atom. The lowest BCUT2D eigenvalue weighted by Crippen LogP contribution is -2.48. The van der Waals surface area contributed by atoms with Crippen molar-refractivity contribution in [1.82, 2.24) is 25.3 Å². The molecule has 3 heterocycles. The number of piperazine rings is 1. The average molecular weight is 337 g/mol. The van der Waals surface area contributed by atoms with Crippen LogP contribution in [-0.4, -0.2) is 72.4 Å². The maximum absolute atomic E-state index is 5.51. The van der Waals surface area contributed by atoms with Crippen LogP contribution in [0.4, 0.5) is 0 Å². The van der Waals surface area contributed by atoms with Crippen molar-refractivity contribution in [1.29, 1.82) is 0 Å². The van der Waals surface area contributed by atoms with E-state index in [0.29, 0.717) is 18.3 Å². The van der Waals surface area contributed by atoms with Gasteiger partial charge in [0.05, 0.1) is 6.54 Å². The van der Waals surface area contributed by atoms with Gasteiger partial charge in [-0.1, -0.05) is 5.16 Å². The molecular formula is C17H31N5O2. The summed E-state index contributed by atoms with van der Waals surface area (Å²) in [5.74, 6) is 2.22. The van der Waals surface area contributed by atoms with Gasteiger partial charge in [-0.25, -0.2) is 0 Å². The van der Waals surface area contributed by atoms with Crippen molar-refractivity contribution in [2.24, 2.45) is 5.92 Å². The Hall–Kier alpha value is -1.02. The molecule has 0 radical (unpaired) electrons. The largest absolute Gasteiger partial charge is 0.371 e. The van der Waals surface area contributed by atoms with E-state index in [0.717, 1.165) is 38.6 Å². The van der Waals surface area contributed by atoms with Crippen LogP contribution in [0.3, 0.4) is 0 Å². The summed E-state index contributed by atoms with van der Waals surface area (Å²) in [6, 6.07) is 0. The van der Waals surface area contributed by atoms with E-state index in [1.54, 1.807) is 0 Å². The highest BCUT2D eigenvalue weighted by molar-refractivity contribution is 4.90. The fourth-order valence-electron chi connectivity index (χ4n) is 3.57. The van der Waals surface area contributed by atoms with Crippen molar-refractivity contribution in [3.63, 3.8) is 0 Å². The van der Waals surface area contributed by atoms with Gasteiger partial charge in [0.25, 0.3) is 0 Å². The molecule has 2 aliphatic rings. The third-order valence-corrected chi connectivity index (χ3v) is 5.06. The molecule has 2 fully saturated rings. The van der Waals surface area contributed by atoms with Gasteiger partial charge in [0.1, 0.15) is 6.10 Å². The van der Waals surface area contributed by atoms with Crippen molar-refractivity contribution in [3.8, 4) is 0 Å². The summed E-state index contributed by atoms with van der Waals surface area (Å²) in [7, 11) is 0. The van der Waals surface area contributed by atoms with Crippen molar-refractivity contribution < 1.29 is 9.26 Å². The van der Waals surface area contributed by atoms with Crippen LogP contribution in [0.15, 0.2) is 4.52 Å². The molecule has 7 heteroatoms. The quantitative estimate of drug-likeness (QED) is 0.804. The van der Waals surface area contributed by atoms with E-state index >= 15 is 0 Å². The van der Waals surface area contributed by atoms with Crippen LogP contribution in [-0.2, 0) is 11.3 Å². The van der Waals surface area contributed by atoms with Gasteiger partial charge in [-0.05, 0) is 45.7 Å². The van der Waals surface area contributed by atoms with E-state index < -0.39 is 0 Å². The van der Waals surface area contributed by atoms with Gasteiger partial charge in [-0.2, -0.15) is 4.98 Å². The number of hydrogen-bond acceptors (Lipinski definition) is 7. The maximum atomic E-state index is 5.51. The summed E-state index contributed by atoms with van der Waals surface area (Å²) in [6.45, 7) is 13.4. The second kappa shape index (κ2) is 8.89. The molecular weight excluding hydrogens is 306 g/mol. The van der Waals surface area contributed by atoms with Gasteiger partial charge in [0.15, 0.2) is 5.82 Å². The molecule has 0 spiro atoms. The number of nitrogens with zero attached hydrogens (tertiary/aromatic N) is 4. The minimum Gasteiger partial charge on any atom is -0.371 e. The topological polar surface area (TPSA) is 66.7 Å². The number of ether oxygens (including phenoxy) is 1. The van der Waals surface area contributed by atoms with E-state index in [1.807, 2.05) is 13.8 Å². The smallest absolute Gasteiger partial charge is 0.240 e. The number of nitrogens with one attached hydrogen (secondary N) is 1. The summed E-state index contributed by atoms with van der Waals surface area (Å²) in [5, 5.41) is 7.48. The van der Waals surface area contributed by atoms with Gasteiger partial charge in [0, 0.05) is 39.3 Å². The lowest BCUT2D eigenvalue weighted by molar-refractivity contribution is 0.0683. The molecule has 1 aromatic rings. The van der Waals surface area contributed by atoms with Crippen LogP contribution in [0, 0.1) is 5.92 Å². The fourth-order valence-corrected chi connectivity index (χ4v) is 3.57. The Morgan fingerprint density at radius 3 is 2.62 bits per heavy atom. The summed E-state index contributed by atoms with van der Waals surface area (Å²) in [5.41, 5.74) is 0. The zero-order chi connectivity index (χ0) is 16.8. The molecule has 3 rings (SSSR count). The van der Waals surface area contributed by atoms with Crippen LogP contribution in [0.25, 0.3) is 0 Å². The van der Waals surface area contributed by atoms with Crippen molar-refractivity contribution in [2.45, 2.75) is 39.3 Å². The normalized spacial score (nSPS) is 22.8. The molecule has 0 saturated carbocycles. The summed E-state index contributed by atoms with van der Waals surface area (Å²) < 4.78 is 10.9. The van der Waals surface area contributed by atoms with E-state index in [2.05, 4.69) is 25.3 Å². The van der Waals surface area contributed by atoms with Crippen molar-refractivity contribution in [2.75, 3.05) is 52.4 Å². The Morgan fingerprint density at radius 1 is 1.21 bits per heavy atom. The Bertz CT molecular complexity index is 481. The van der Waals surface area contributed by atoms with Crippen LogP contribution in [0.1, 0.15) is 44.5 Å². The van der Waals surface area contributed by atoms with Crippen LogP contribution in [0.5, 0.6) is 0 Å².